The first-order valence-electron chi connectivity index (χ1n) is 7.39. The van der Waals surface area contributed by atoms with Crippen molar-refractivity contribution < 1.29 is 23.4 Å². The molecule has 22 heavy (non-hydrogen) atoms. The van der Waals surface area contributed by atoms with E-state index in [1.807, 2.05) is 13.8 Å². The molecular formula is C16H25F2NO3. The summed E-state index contributed by atoms with van der Waals surface area (Å²) in [6.45, 7) is 5.48. The van der Waals surface area contributed by atoms with Gasteiger partial charge in [0.15, 0.2) is 11.6 Å². The van der Waals surface area contributed by atoms with Gasteiger partial charge in [-0.1, -0.05) is 12.1 Å². The van der Waals surface area contributed by atoms with Gasteiger partial charge in [-0.25, -0.2) is 8.78 Å². The van der Waals surface area contributed by atoms with Gasteiger partial charge in [-0.2, -0.15) is 0 Å². The number of likely N-dealkylation sites (N-methyl/N-ethyl adjacent to an activating group) is 1. The second-order valence-corrected chi connectivity index (χ2v) is 5.56. The molecule has 0 aliphatic rings. The first-order chi connectivity index (χ1) is 10.4. The third kappa shape index (κ3) is 7.26. The summed E-state index contributed by atoms with van der Waals surface area (Å²) in [5.41, 5.74) is 0.265. The van der Waals surface area contributed by atoms with Crippen molar-refractivity contribution in [2.45, 2.75) is 32.6 Å². The summed E-state index contributed by atoms with van der Waals surface area (Å²) in [7, 11) is 1.73. The average molecular weight is 317 g/mol. The molecule has 1 unspecified atom stereocenters. The smallest absolute Gasteiger partial charge is 0.163 e. The highest BCUT2D eigenvalue weighted by Gasteiger charge is 2.13. The van der Waals surface area contributed by atoms with E-state index in [4.69, 9.17) is 9.47 Å². The molecule has 1 aromatic carbocycles. The van der Waals surface area contributed by atoms with Crippen LogP contribution < -0.4 is 0 Å². The largest absolute Gasteiger partial charge is 0.389 e. The first kappa shape index (κ1) is 19.0. The van der Waals surface area contributed by atoms with Crippen LogP contribution in [0.1, 0.15) is 19.4 Å². The number of benzene rings is 1. The number of rotatable bonds is 10. The van der Waals surface area contributed by atoms with Crippen LogP contribution >= 0.6 is 0 Å². The van der Waals surface area contributed by atoms with Crippen molar-refractivity contribution >= 4 is 0 Å². The van der Waals surface area contributed by atoms with Gasteiger partial charge in [0.25, 0.3) is 0 Å². The molecule has 0 saturated heterocycles. The summed E-state index contributed by atoms with van der Waals surface area (Å²) >= 11 is 0. The van der Waals surface area contributed by atoms with E-state index in [9.17, 15) is 13.9 Å². The number of halogens is 2. The molecule has 0 aromatic heterocycles. The zero-order chi connectivity index (χ0) is 16.5. The molecule has 0 saturated carbocycles. The number of hydrogen-bond donors (Lipinski definition) is 1. The van der Waals surface area contributed by atoms with Crippen LogP contribution in [-0.2, 0) is 16.0 Å². The molecule has 126 valence electrons. The molecule has 0 aliphatic carbocycles. The lowest BCUT2D eigenvalue weighted by molar-refractivity contribution is -0.0174. The van der Waals surface area contributed by atoms with Gasteiger partial charge < -0.3 is 14.6 Å². The topological polar surface area (TPSA) is 41.9 Å². The summed E-state index contributed by atoms with van der Waals surface area (Å²) in [4.78, 5) is 1.72. The van der Waals surface area contributed by atoms with E-state index in [0.717, 1.165) is 6.07 Å². The van der Waals surface area contributed by atoms with Gasteiger partial charge in [-0.3, -0.25) is 4.90 Å². The summed E-state index contributed by atoms with van der Waals surface area (Å²) < 4.78 is 37.3. The number of ether oxygens (including phenoxy) is 2. The van der Waals surface area contributed by atoms with Gasteiger partial charge in [-0.05, 0) is 27.0 Å². The van der Waals surface area contributed by atoms with E-state index in [1.54, 1.807) is 11.9 Å². The maximum atomic E-state index is 13.5. The normalized spacial score (nSPS) is 13.1. The van der Waals surface area contributed by atoms with E-state index in [1.165, 1.54) is 12.1 Å². The number of nitrogens with zero attached hydrogens (tertiary/aromatic N) is 1. The molecule has 1 aromatic rings. The molecule has 0 spiro atoms. The van der Waals surface area contributed by atoms with Crippen molar-refractivity contribution in [1.29, 1.82) is 0 Å². The third-order valence-electron chi connectivity index (χ3n) is 2.98. The van der Waals surface area contributed by atoms with Crippen LogP contribution in [0.4, 0.5) is 8.78 Å². The Labute approximate surface area is 130 Å². The summed E-state index contributed by atoms with van der Waals surface area (Å²) in [6.07, 6.45) is -0.540. The second-order valence-electron chi connectivity index (χ2n) is 5.56. The SMILES string of the molecule is CC(C)OCCOCC(O)CN(C)Cc1cccc(F)c1F. The van der Waals surface area contributed by atoms with Crippen LogP contribution in [0, 0.1) is 11.6 Å². The lowest BCUT2D eigenvalue weighted by atomic mass is 10.2. The van der Waals surface area contributed by atoms with Crippen LogP contribution in [0.15, 0.2) is 18.2 Å². The predicted octanol–water partition coefficient (Wildman–Crippen LogP) is 2.20. The zero-order valence-corrected chi connectivity index (χ0v) is 13.4. The molecule has 1 atom stereocenters. The molecule has 4 nitrogen and oxygen atoms in total. The lowest BCUT2D eigenvalue weighted by Gasteiger charge is -2.21. The van der Waals surface area contributed by atoms with Crippen LogP contribution in [0.5, 0.6) is 0 Å². The average Bonchev–Trinajstić information content (AvgIpc) is 2.43. The Bertz CT molecular complexity index is 443. The Balaban J connectivity index is 2.26. The van der Waals surface area contributed by atoms with Crippen molar-refractivity contribution in [3.8, 4) is 0 Å². The monoisotopic (exact) mass is 317 g/mol. The molecule has 0 amide bonds. The molecule has 1 rings (SSSR count). The van der Waals surface area contributed by atoms with Crippen LogP contribution in [0.3, 0.4) is 0 Å². The fourth-order valence-electron chi connectivity index (χ4n) is 2.00. The highest BCUT2D eigenvalue weighted by atomic mass is 19.2. The van der Waals surface area contributed by atoms with Gasteiger partial charge in [0.2, 0.25) is 0 Å². The number of aliphatic hydroxyl groups excluding tert-OH is 1. The number of hydrogen-bond acceptors (Lipinski definition) is 4. The minimum atomic E-state index is -0.861. The molecule has 0 bridgehead atoms. The Hall–Kier alpha value is -1.08. The quantitative estimate of drug-likeness (QED) is 0.672. The molecule has 6 heteroatoms. The van der Waals surface area contributed by atoms with Crippen molar-refractivity contribution in [2.75, 3.05) is 33.4 Å². The predicted molar refractivity (Wildman–Crippen MR) is 80.6 cm³/mol. The van der Waals surface area contributed by atoms with Crippen molar-refractivity contribution in [3.05, 3.63) is 35.4 Å². The minimum Gasteiger partial charge on any atom is -0.389 e. The second kappa shape index (κ2) is 9.84. The minimum absolute atomic E-state index is 0.154. The fourth-order valence-corrected chi connectivity index (χ4v) is 2.00. The van der Waals surface area contributed by atoms with Gasteiger partial charge >= 0.3 is 0 Å². The Morgan fingerprint density at radius 3 is 2.64 bits per heavy atom. The van der Waals surface area contributed by atoms with E-state index in [-0.39, 0.29) is 24.8 Å². The van der Waals surface area contributed by atoms with Crippen LogP contribution in [0.25, 0.3) is 0 Å². The van der Waals surface area contributed by atoms with Crippen LogP contribution in [-0.4, -0.2) is 55.6 Å². The molecular weight excluding hydrogens is 292 g/mol. The third-order valence-corrected chi connectivity index (χ3v) is 2.98. The van der Waals surface area contributed by atoms with Crippen molar-refractivity contribution in [3.63, 3.8) is 0 Å². The highest BCUT2D eigenvalue weighted by Crippen LogP contribution is 2.13. The van der Waals surface area contributed by atoms with Gasteiger partial charge in [0.1, 0.15) is 0 Å². The Morgan fingerprint density at radius 2 is 1.95 bits per heavy atom. The number of aliphatic hydroxyl groups is 1. The first-order valence-corrected chi connectivity index (χ1v) is 7.39. The molecule has 0 fully saturated rings. The van der Waals surface area contributed by atoms with Gasteiger partial charge in [-0.15, -0.1) is 0 Å². The lowest BCUT2D eigenvalue weighted by Crippen LogP contribution is -2.32. The summed E-state index contributed by atoms with van der Waals surface area (Å²) in [6, 6.07) is 4.08. The van der Waals surface area contributed by atoms with Crippen molar-refractivity contribution in [1.82, 2.24) is 4.90 Å². The summed E-state index contributed by atoms with van der Waals surface area (Å²) in [5.74, 6) is -1.70. The van der Waals surface area contributed by atoms with E-state index >= 15 is 0 Å². The zero-order valence-electron chi connectivity index (χ0n) is 13.4. The highest BCUT2D eigenvalue weighted by molar-refractivity contribution is 5.18. The maximum Gasteiger partial charge on any atom is 0.163 e. The van der Waals surface area contributed by atoms with Crippen molar-refractivity contribution in [2.24, 2.45) is 0 Å². The van der Waals surface area contributed by atoms with E-state index in [0.29, 0.717) is 19.8 Å². The molecule has 0 radical (unpaired) electrons. The Kier molecular flexibility index (Phi) is 8.48. The van der Waals surface area contributed by atoms with Gasteiger partial charge in [0, 0.05) is 18.7 Å². The van der Waals surface area contributed by atoms with E-state index in [2.05, 4.69) is 0 Å². The molecule has 1 N–H and O–H groups in total. The summed E-state index contributed by atoms with van der Waals surface area (Å²) in [5, 5.41) is 9.85. The maximum absolute atomic E-state index is 13.5. The standard InChI is InChI=1S/C16H25F2NO3/c1-12(2)22-8-7-21-11-14(20)10-19(3)9-13-5-4-6-15(17)16(13)18/h4-6,12,14,20H,7-11H2,1-3H3. The molecule has 0 aliphatic heterocycles. The molecule has 0 heterocycles. The van der Waals surface area contributed by atoms with Crippen LogP contribution in [0.2, 0.25) is 0 Å². The Morgan fingerprint density at radius 1 is 1.23 bits per heavy atom. The van der Waals surface area contributed by atoms with E-state index < -0.39 is 17.7 Å². The van der Waals surface area contributed by atoms with Gasteiger partial charge in [0.05, 0.1) is 32.0 Å². The fraction of sp³-hybridized carbons (Fsp3) is 0.625.